The Morgan fingerprint density at radius 2 is 2.00 bits per heavy atom. The molecule has 0 radical (unpaired) electrons. The van der Waals surface area contributed by atoms with E-state index in [0.717, 1.165) is 20.9 Å². The molecule has 0 saturated heterocycles. The number of aromatic amines is 1. The number of aryl methyl sites for hydroxylation is 1. The third-order valence-electron chi connectivity index (χ3n) is 3.28. The Kier molecular flexibility index (Phi) is 3.40. The van der Waals surface area contributed by atoms with Gasteiger partial charge in [-0.2, -0.15) is 0 Å². The molecule has 0 aliphatic rings. The molecule has 0 aliphatic carbocycles. The van der Waals surface area contributed by atoms with Crippen molar-refractivity contribution in [3.8, 4) is 0 Å². The topological polar surface area (TPSA) is 32.9 Å². The van der Waals surface area contributed by atoms with E-state index in [-0.39, 0.29) is 5.78 Å². The molecule has 1 aromatic heterocycles. The SMILES string of the molecule is Cc1ccc(Br)c(C(=O)c2c[nH]c3c(Cl)cccc23)c1. The smallest absolute Gasteiger partial charge is 0.196 e. The first kappa shape index (κ1) is 13.4. The molecule has 3 aromatic rings. The van der Waals surface area contributed by atoms with Crippen molar-refractivity contribution < 1.29 is 4.79 Å². The van der Waals surface area contributed by atoms with Crippen molar-refractivity contribution in [2.75, 3.05) is 0 Å². The maximum Gasteiger partial charge on any atom is 0.196 e. The van der Waals surface area contributed by atoms with Crippen molar-refractivity contribution in [3.05, 3.63) is 68.8 Å². The van der Waals surface area contributed by atoms with Gasteiger partial charge in [-0.1, -0.05) is 51.3 Å². The van der Waals surface area contributed by atoms with Gasteiger partial charge in [0, 0.05) is 27.2 Å². The van der Waals surface area contributed by atoms with Gasteiger partial charge in [-0.05, 0) is 25.1 Å². The molecule has 0 spiro atoms. The molecule has 1 heterocycles. The largest absolute Gasteiger partial charge is 0.359 e. The molecule has 1 N–H and O–H groups in total. The lowest BCUT2D eigenvalue weighted by atomic mass is 10.0. The number of hydrogen-bond donors (Lipinski definition) is 1. The predicted molar refractivity (Wildman–Crippen MR) is 85.6 cm³/mol. The van der Waals surface area contributed by atoms with Crippen LogP contribution in [0.15, 0.2) is 47.1 Å². The molecule has 0 atom stereocenters. The van der Waals surface area contributed by atoms with Gasteiger partial charge in [-0.15, -0.1) is 0 Å². The Balaban J connectivity index is 2.18. The van der Waals surface area contributed by atoms with Crippen LogP contribution in [0.4, 0.5) is 0 Å². The van der Waals surface area contributed by atoms with E-state index in [1.165, 1.54) is 0 Å². The second kappa shape index (κ2) is 5.08. The predicted octanol–water partition coefficient (Wildman–Crippen LogP) is 5.12. The van der Waals surface area contributed by atoms with Gasteiger partial charge >= 0.3 is 0 Å². The molecule has 0 fully saturated rings. The van der Waals surface area contributed by atoms with Crippen molar-refractivity contribution in [3.63, 3.8) is 0 Å². The van der Waals surface area contributed by atoms with Gasteiger partial charge in [-0.25, -0.2) is 0 Å². The summed E-state index contributed by atoms with van der Waals surface area (Å²) in [5, 5.41) is 1.46. The first-order chi connectivity index (χ1) is 9.58. The average Bonchev–Trinajstić information content (AvgIpc) is 2.86. The summed E-state index contributed by atoms with van der Waals surface area (Å²) in [6.07, 6.45) is 1.72. The molecule has 3 rings (SSSR count). The molecule has 20 heavy (non-hydrogen) atoms. The van der Waals surface area contributed by atoms with Crippen LogP contribution in [0.5, 0.6) is 0 Å². The van der Waals surface area contributed by atoms with Crippen molar-refractivity contribution in [1.82, 2.24) is 4.98 Å². The lowest BCUT2D eigenvalue weighted by Gasteiger charge is -2.04. The van der Waals surface area contributed by atoms with E-state index >= 15 is 0 Å². The molecule has 0 saturated carbocycles. The van der Waals surface area contributed by atoms with Crippen LogP contribution in [-0.4, -0.2) is 10.8 Å². The number of para-hydroxylation sites is 1. The molecule has 2 nitrogen and oxygen atoms in total. The fourth-order valence-electron chi connectivity index (χ4n) is 2.26. The third kappa shape index (κ3) is 2.17. The van der Waals surface area contributed by atoms with Crippen LogP contribution in [-0.2, 0) is 0 Å². The van der Waals surface area contributed by atoms with Gasteiger partial charge in [0.05, 0.1) is 10.5 Å². The summed E-state index contributed by atoms with van der Waals surface area (Å²) in [6.45, 7) is 1.97. The summed E-state index contributed by atoms with van der Waals surface area (Å²) in [5.74, 6) is -0.0194. The number of ketones is 1. The third-order valence-corrected chi connectivity index (χ3v) is 4.28. The lowest BCUT2D eigenvalue weighted by molar-refractivity contribution is 0.103. The van der Waals surface area contributed by atoms with Crippen LogP contribution in [0.25, 0.3) is 10.9 Å². The highest BCUT2D eigenvalue weighted by Gasteiger charge is 2.17. The summed E-state index contributed by atoms with van der Waals surface area (Å²) in [4.78, 5) is 15.8. The summed E-state index contributed by atoms with van der Waals surface area (Å²) in [6, 6.07) is 11.3. The van der Waals surface area contributed by atoms with Crippen molar-refractivity contribution in [2.24, 2.45) is 0 Å². The van der Waals surface area contributed by atoms with Gasteiger partial charge in [0.1, 0.15) is 0 Å². The van der Waals surface area contributed by atoms with Gasteiger partial charge in [0.25, 0.3) is 0 Å². The fraction of sp³-hybridized carbons (Fsp3) is 0.0625. The van der Waals surface area contributed by atoms with E-state index in [4.69, 9.17) is 11.6 Å². The normalized spacial score (nSPS) is 10.9. The van der Waals surface area contributed by atoms with Gasteiger partial charge < -0.3 is 4.98 Å². The van der Waals surface area contributed by atoms with Gasteiger partial charge in [0.15, 0.2) is 5.78 Å². The Labute approximate surface area is 129 Å². The maximum absolute atomic E-state index is 12.7. The van der Waals surface area contributed by atoms with Crippen molar-refractivity contribution in [2.45, 2.75) is 6.92 Å². The number of rotatable bonds is 2. The monoisotopic (exact) mass is 347 g/mol. The molecule has 0 bridgehead atoms. The molecular formula is C16H11BrClNO. The van der Waals surface area contributed by atoms with Crippen LogP contribution in [0, 0.1) is 6.92 Å². The Bertz CT molecular complexity index is 822. The second-order valence-electron chi connectivity index (χ2n) is 4.68. The minimum Gasteiger partial charge on any atom is -0.359 e. The highest BCUT2D eigenvalue weighted by Crippen LogP contribution is 2.28. The number of fused-ring (bicyclic) bond motifs is 1. The zero-order chi connectivity index (χ0) is 14.3. The number of nitrogens with one attached hydrogen (secondary N) is 1. The van der Waals surface area contributed by atoms with E-state index < -0.39 is 0 Å². The fourth-order valence-corrected chi connectivity index (χ4v) is 2.92. The molecular weight excluding hydrogens is 338 g/mol. The Morgan fingerprint density at radius 3 is 2.80 bits per heavy atom. The minimum absolute atomic E-state index is 0.0194. The highest BCUT2D eigenvalue weighted by molar-refractivity contribution is 9.10. The number of carbonyl (C=O) groups is 1. The number of aromatic nitrogens is 1. The summed E-state index contributed by atoms with van der Waals surface area (Å²) in [5.41, 5.74) is 3.13. The zero-order valence-corrected chi connectivity index (χ0v) is 13.0. The molecule has 0 aliphatic heterocycles. The summed E-state index contributed by atoms with van der Waals surface area (Å²) in [7, 11) is 0. The van der Waals surface area contributed by atoms with Crippen LogP contribution < -0.4 is 0 Å². The van der Waals surface area contributed by atoms with E-state index in [0.29, 0.717) is 16.1 Å². The van der Waals surface area contributed by atoms with Crippen molar-refractivity contribution >= 4 is 44.2 Å². The lowest BCUT2D eigenvalue weighted by Crippen LogP contribution is -2.02. The molecule has 2 aromatic carbocycles. The number of halogens is 2. The molecule has 100 valence electrons. The second-order valence-corrected chi connectivity index (χ2v) is 5.94. The van der Waals surface area contributed by atoms with Crippen molar-refractivity contribution in [1.29, 1.82) is 0 Å². The minimum atomic E-state index is -0.0194. The van der Waals surface area contributed by atoms with E-state index in [9.17, 15) is 4.79 Å². The van der Waals surface area contributed by atoms with Gasteiger partial charge in [0.2, 0.25) is 0 Å². The Hall–Kier alpha value is -1.58. The zero-order valence-electron chi connectivity index (χ0n) is 10.7. The highest BCUT2D eigenvalue weighted by atomic mass is 79.9. The number of hydrogen-bond acceptors (Lipinski definition) is 1. The maximum atomic E-state index is 12.7. The Morgan fingerprint density at radius 1 is 1.20 bits per heavy atom. The molecule has 0 amide bonds. The number of carbonyl (C=O) groups excluding carboxylic acids is 1. The van der Waals surface area contributed by atoms with Gasteiger partial charge in [-0.3, -0.25) is 4.79 Å². The number of benzene rings is 2. The summed E-state index contributed by atoms with van der Waals surface area (Å²) >= 11 is 9.56. The van der Waals surface area contributed by atoms with E-state index in [1.54, 1.807) is 12.3 Å². The van der Waals surface area contributed by atoms with Crippen LogP contribution in [0.2, 0.25) is 5.02 Å². The summed E-state index contributed by atoms with van der Waals surface area (Å²) < 4.78 is 0.796. The first-order valence-electron chi connectivity index (χ1n) is 6.14. The standard InChI is InChI=1S/C16H11BrClNO/c1-9-5-6-13(17)11(7-9)16(20)12-8-19-15-10(12)3-2-4-14(15)18/h2-8,19H,1H3. The molecule has 0 unspecified atom stereocenters. The van der Waals surface area contributed by atoms with Crippen LogP contribution in [0.1, 0.15) is 21.5 Å². The van der Waals surface area contributed by atoms with E-state index in [2.05, 4.69) is 20.9 Å². The molecule has 4 heteroatoms. The first-order valence-corrected chi connectivity index (χ1v) is 7.31. The van der Waals surface area contributed by atoms with E-state index in [1.807, 2.05) is 37.3 Å². The van der Waals surface area contributed by atoms with Crippen LogP contribution in [0.3, 0.4) is 0 Å². The van der Waals surface area contributed by atoms with Crippen LogP contribution >= 0.6 is 27.5 Å². The quantitative estimate of drug-likeness (QED) is 0.640. The average molecular weight is 349 g/mol. The number of H-pyrrole nitrogens is 1.